The standard InChI is InChI=1S/C23H25NO8/c1-5-30-23(29)21-20(14(3)25)15(4)32-22(21)24-18(27)12-31-19(28)11-10-17(26)16-8-6-13(2)7-9-16/h6-9H,5,10-12H2,1-4H3,(H,24,27). The first kappa shape index (κ1) is 24.5. The van der Waals surface area contributed by atoms with Gasteiger partial charge in [0.25, 0.3) is 5.91 Å². The Hall–Kier alpha value is -3.75. The molecule has 0 atom stereocenters. The van der Waals surface area contributed by atoms with Gasteiger partial charge in [-0.1, -0.05) is 29.8 Å². The van der Waals surface area contributed by atoms with Gasteiger partial charge < -0.3 is 13.9 Å². The summed E-state index contributed by atoms with van der Waals surface area (Å²) in [6, 6.07) is 6.96. The fourth-order valence-electron chi connectivity index (χ4n) is 2.93. The van der Waals surface area contributed by atoms with Crippen LogP contribution in [0.5, 0.6) is 0 Å². The summed E-state index contributed by atoms with van der Waals surface area (Å²) in [6.45, 7) is 5.63. The van der Waals surface area contributed by atoms with Crippen LogP contribution in [0.15, 0.2) is 28.7 Å². The van der Waals surface area contributed by atoms with Crippen LogP contribution in [0, 0.1) is 13.8 Å². The van der Waals surface area contributed by atoms with Crippen LogP contribution in [0.1, 0.15) is 69.1 Å². The lowest BCUT2D eigenvalue weighted by molar-refractivity contribution is -0.147. The lowest BCUT2D eigenvalue weighted by Gasteiger charge is -2.07. The van der Waals surface area contributed by atoms with Gasteiger partial charge in [0.1, 0.15) is 11.3 Å². The Morgan fingerprint density at radius 2 is 1.59 bits per heavy atom. The molecule has 0 spiro atoms. The molecule has 9 nitrogen and oxygen atoms in total. The van der Waals surface area contributed by atoms with E-state index in [0.29, 0.717) is 5.56 Å². The highest BCUT2D eigenvalue weighted by atomic mass is 16.5. The second-order valence-corrected chi connectivity index (χ2v) is 7.01. The van der Waals surface area contributed by atoms with Crippen molar-refractivity contribution in [2.45, 2.75) is 40.5 Å². The first-order valence-corrected chi connectivity index (χ1v) is 10.0. The molecule has 1 N–H and O–H groups in total. The molecule has 1 heterocycles. The average Bonchev–Trinajstić information content (AvgIpc) is 3.07. The molecule has 0 unspecified atom stereocenters. The number of aryl methyl sites for hydroxylation is 2. The van der Waals surface area contributed by atoms with Gasteiger partial charge in [-0.15, -0.1) is 0 Å². The first-order valence-electron chi connectivity index (χ1n) is 10.0. The van der Waals surface area contributed by atoms with Crippen LogP contribution in [0.4, 0.5) is 5.88 Å². The van der Waals surface area contributed by atoms with Crippen molar-refractivity contribution in [2.24, 2.45) is 0 Å². The Bertz CT molecular complexity index is 1030. The lowest BCUT2D eigenvalue weighted by Crippen LogP contribution is -2.22. The van der Waals surface area contributed by atoms with Crippen molar-refractivity contribution in [1.29, 1.82) is 0 Å². The summed E-state index contributed by atoms with van der Waals surface area (Å²) in [6.07, 6.45) is -0.252. The topological polar surface area (TPSA) is 129 Å². The number of anilines is 1. The van der Waals surface area contributed by atoms with Crippen molar-refractivity contribution < 1.29 is 37.9 Å². The summed E-state index contributed by atoms with van der Waals surface area (Å²) >= 11 is 0. The predicted molar refractivity (Wildman–Crippen MR) is 114 cm³/mol. The van der Waals surface area contributed by atoms with E-state index in [-0.39, 0.29) is 48.0 Å². The number of carbonyl (C=O) groups is 5. The number of amides is 1. The molecule has 9 heteroatoms. The smallest absolute Gasteiger partial charge is 0.344 e. The minimum absolute atomic E-state index is 0.00497. The van der Waals surface area contributed by atoms with Gasteiger partial charge in [-0.05, 0) is 27.7 Å². The number of esters is 2. The predicted octanol–water partition coefficient (Wildman–Crippen LogP) is 3.42. The number of ether oxygens (including phenoxy) is 2. The molecule has 1 aromatic heterocycles. The van der Waals surface area contributed by atoms with E-state index in [1.54, 1.807) is 31.2 Å². The van der Waals surface area contributed by atoms with Gasteiger partial charge in [0.2, 0.25) is 5.88 Å². The van der Waals surface area contributed by atoms with Crippen molar-refractivity contribution in [1.82, 2.24) is 0 Å². The number of carbonyl (C=O) groups excluding carboxylic acids is 5. The number of nitrogens with one attached hydrogen (secondary N) is 1. The van der Waals surface area contributed by atoms with E-state index in [1.165, 1.54) is 13.8 Å². The van der Waals surface area contributed by atoms with Gasteiger partial charge in [0.15, 0.2) is 18.2 Å². The van der Waals surface area contributed by atoms with Crippen molar-refractivity contribution in [3.05, 3.63) is 52.3 Å². The monoisotopic (exact) mass is 443 g/mol. The van der Waals surface area contributed by atoms with E-state index in [4.69, 9.17) is 13.9 Å². The second-order valence-electron chi connectivity index (χ2n) is 7.01. The molecule has 0 fully saturated rings. The maximum atomic E-state index is 12.2. The number of benzene rings is 1. The number of rotatable bonds is 10. The van der Waals surface area contributed by atoms with Crippen molar-refractivity contribution >= 4 is 35.3 Å². The van der Waals surface area contributed by atoms with E-state index >= 15 is 0 Å². The van der Waals surface area contributed by atoms with Gasteiger partial charge in [-0.25, -0.2) is 4.79 Å². The summed E-state index contributed by atoms with van der Waals surface area (Å²) in [7, 11) is 0. The average molecular weight is 443 g/mol. The van der Waals surface area contributed by atoms with Crippen LogP contribution in [-0.4, -0.2) is 42.6 Å². The Morgan fingerprint density at radius 1 is 0.938 bits per heavy atom. The minimum Gasteiger partial charge on any atom is -0.462 e. The maximum Gasteiger partial charge on any atom is 0.344 e. The number of Topliss-reactive ketones (excluding diaryl/α,β-unsaturated/α-hetero) is 2. The Morgan fingerprint density at radius 3 is 2.19 bits per heavy atom. The zero-order valence-electron chi connectivity index (χ0n) is 18.4. The summed E-state index contributed by atoms with van der Waals surface area (Å²) in [5.74, 6) is -3.10. The molecule has 1 amide bonds. The fourth-order valence-corrected chi connectivity index (χ4v) is 2.93. The SMILES string of the molecule is CCOC(=O)c1c(NC(=O)COC(=O)CCC(=O)c2ccc(C)cc2)oc(C)c1C(C)=O. The Balaban J connectivity index is 1.93. The number of furan rings is 1. The molecular weight excluding hydrogens is 418 g/mol. The summed E-state index contributed by atoms with van der Waals surface area (Å²) in [4.78, 5) is 60.3. The summed E-state index contributed by atoms with van der Waals surface area (Å²) < 4.78 is 15.2. The molecular formula is C23H25NO8. The number of hydrogen-bond acceptors (Lipinski definition) is 8. The molecule has 0 aliphatic heterocycles. The van der Waals surface area contributed by atoms with E-state index < -0.39 is 30.2 Å². The van der Waals surface area contributed by atoms with Crippen molar-refractivity contribution in [2.75, 3.05) is 18.5 Å². The third-order valence-corrected chi connectivity index (χ3v) is 4.46. The maximum absolute atomic E-state index is 12.2. The molecule has 2 rings (SSSR count). The third kappa shape index (κ3) is 6.37. The molecule has 2 aromatic rings. The van der Waals surface area contributed by atoms with Crippen LogP contribution in [0.3, 0.4) is 0 Å². The van der Waals surface area contributed by atoms with Gasteiger partial charge in [-0.2, -0.15) is 0 Å². The Kier molecular flexibility index (Phi) is 8.46. The van der Waals surface area contributed by atoms with Crippen molar-refractivity contribution in [3.63, 3.8) is 0 Å². The van der Waals surface area contributed by atoms with E-state index in [1.807, 2.05) is 6.92 Å². The first-order chi connectivity index (χ1) is 15.1. The van der Waals surface area contributed by atoms with Crippen LogP contribution < -0.4 is 5.32 Å². The molecule has 0 radical (unpaired) electrons. The summed E-state index contributed by atoms with van der Waals surface area (Å²) in [5, 5.41) is 2.31. The number of ketones is 2. The van der Waals surface area contributed by atoms with Gasteiger partial charge in [0.05, 0.1) is 18.6 Å². The molecule has 0 bridgehead atoms. The van der Waals surface area contributed by atoms with Crippen molar-refractivity contribution in [3.8, 4) is 0 Å². The van der Waals surface area contributed by atoms with Gasteiger partial charge in [0, 0.05) is 12.0 Å². The Labute approximate surface area is 185 Å². The van der Waals surface area contributed by atoms with E-state index in [2.05, 4.69) is 5.32 Å². The zero-order valence-corrected chi connectivity index (χ0v) is 18.4. The molecule has 32 heavy (non-hydrogen) atoms. The highest BCUT2D eigenvalue weighted by Gasteiger charge is 2.28. The van der Waals surface area contributed by atoms with Crippen LogP contribution in [-0.2, 0) is 19.1 Å². The lowest BCUT2D eigenvalue weighted by atomic mass is 10.1. The van der Waals surface area contributed by atoms with Crippen LogP contribution in [0.2, 0.25) is 0 Å². The van der Waals surface area contributed by atoms with Crippen LogP contribution >= 0.6 is 0 Å². The second kappa shape index (κ2) is 11.0. The van der Waals surface area contributed by atoms with Gasteiger partial charge >= 0.3 is 11.9 Å². The highest BCUT2D eigenvalue weighted by Crippen LogP contribution is 2.28. The number of hydrogen-bond donors (Lipinski definition) is 1. The van der Waals surface area contributed by atoms with E-state index in [9.17, 15) is 24.0 Å². The summed E-state index contributed by atoms with van der Waals surface area (Å²) in [5.41, 5.74) is 1.31. The molecule has 0 aliphatic carbocycles. The third-order valence-electron chi connectivity index (χ3n) is 4.46. The molecule has 0 aliphatic rings. The molecule has 1 aromatic carbocycles. The highest BCUT2D eigenvalue weighted by molar-refractivity contribution is 6.10. The quantitative estimate of drug-likeness (QED) is 0.437. The largest absolute Gasteiger partial charge is 0.462 e. The normalized spacial score (nSPS) is 10.4. The molecule has 0 saturated heterocycles. The zero-order chi connectivity index (χ0) is 23.8. The minimum atomic E-state index is -0.823. The van der Waals surface area contributed by atoms with Gasteiger partial charge in [-0.3, -0.25) is 24.5 Å². The van der Waals surface area contributed by atoms with E-state index in [0.717, 1.165) is 5.56 Å². The molecule has 170 valence electrons. The molecule has 0 saturated carbocycles. The fraction of sp³-hybridized carbons (Fsp3) is 0.348. The van der Waals surface area contributed by atoms with Crippen LogP contribution in [0.25, 0.3) is 0 Å².